The second-order valence-corrected chi connectivity index (χ2v) is 4.92. The van der Waals surface area contributed by atoms with Crippen LogP contribution in [0.3, 0.4) is 0 Å². The predicted octanol–water partition coefficient (Wildman–Crippen LogP) is 2.02. The molecule has 0 amide bonds. The third kappa shape index (κ3) is 4.82. The van der Waals surface area contributed by atoms with Crippen LogP contribution in [0.1, 0.15) is 5.56 Å². The van der Waals surface area contributed by atoms with E-state index in [1.165, 1.54) is 17.1 Å². The van der Waals surface area contributed by atoms with Gasteiger partial charge in [-0.15, -0.1) is 0 Å². The van der Waals surface area contributed by atoms with Gasteiger partial charge in [0.2, 0.25) is 6.33 Å². The minimum atomic E-state index is -0.772. The molecule has 2 aromatic rings. The number of benzene rings is 1. The molecule has 0 aliphatic carbocycles. The summed E-state index contributed by atoms with van der Waals surface area (Å²) < 4.78 is 6.84. The average Bonchev–Trinajstić information content (AvgIpc) is 2.90. The van der Waals surface area contributed by atoms with E-state index in [9.17, 15) is 15.2 Å². The van der Waals surface area contributed by atoms with Crippen molar-refractivity contribution in [3.63, 3.8) is 0 Å². The van der Waals surface area contributed by atoms with E-state index in [0.29, 0.717) is 11.6 Å². The van der Waals surface area contributed by atoms with Crippen LogP contribution in [0.5, 0.6) is 0 Å². The van der Waals surface area contributed by atoms with Gasteiger partial charge in [0.25, 0.3) is 0 Å². The molecule has 0 aliphatic rings. The standard InChI is InChI=1S/C13H14ClN3O4/c14-11-3-1-10(2-4-11)7-21-8-12(18)5-16-6-13(15-9-16)17(19)20/h1-4,6,9,12,18H,5,7-8H2. The molecule has 0 bridgehead atoms. The molecule has 1 heterocycles. The Morgan fingerprint density at radius 3 is 2.76 bits per heavy atom. The number of imidazole rings is 1. The molecule has 0 saturated heterocycles. The van der Waals surface area contributed by atoms with Gasteiger partial charge in [-0.3, -0.25) is 0 Å². The van der Waals surface area contributed by atoms with Crippen LogP contribution in [-0.2, 0) is 17.9 Å². The molecule has 0 fully saturated rings. The van der Waals surface area contributed by atoms with Gasteiger partial charge in [0.05, 0.1) is 25.9 Å². The van der Waals surface area contributed by atoms with Gasteiger partial charge in [-0.05, 0) is 27.6 Å². The zero-order valence-electron chi connectivity index (χ0n) is 11.1. The van der Waals surface area contributed by atoms with Gasteiger partial charge in [-0.2, -0.15) is 0 Å². The third-order valence-corrected chi connectivity index (χ3v) is 2.97. The lowest BCUT2D eigenvalue weighted by Gasteiger charge is -2.11. The predicted molar refractivity (Wildman–Crippen MR) is 76.0 cm³/mol. The first-order valence-electron chi connectivity index (χ1n) is 6.21. The second kappa shape index (κ2) is 7.16. The van der Waals surface area contributed by atoms with Gasteiger partial charge in [0.1, 0.15) is 6.20 Å². The number of halogens is 1. The molecule has 21 heavy (non-hydrogen) atoms. The highest BCUT2D eigenvalue weighted by molar-refractivity contribution is 6.30. The van der Waals surface area contributed by atoms with Crippen molar-refractivity contribution in [2.24, 2.45) is 0 Å². The minimum Gasteiger partial charge on any atom is -0.389 e. The van der Waals surface area contributed by atoms with Crippen molar-refractivity contribution in [1.29, 1.82) is 0 Å². The minimum absolute atomic E-state index is 0.120. The summed E-state index contributed by atoms with van der Waals surface area (Å²) in [4.78, 5) is 13.5. The Hall–Kier alpha value is -1.96. The molecule has 1 aromatic heterocycles. The summed E-state index contributed by atoms with van der Waals surface area (Å²) in [6, 6.07) is 7.21. The van der Waals surface area contributed by atoms with Gasteiger partial charge in [-0.1, -0.05) is 23.7 Å². The normalized spacial score (nSPS) is 12.3. The molecule has 0 aliphatic heterocycles. The van der Waals surface area contributed by atoms with E-state index in [-0.39, 0.29) is 19.0 Å². The lowest BCUT2D eigenvalue weighted by atomic mass is 10.2. The summed E-state index contributed by atoms with van der Waals surface area (Å²) in [7, 11) is 0. The quantitative estimate of drug-likeness (QED) is 0.624. The number of aliphatic hydroxyl groups is 1. The first-order valence-corrected chi connectivity index (χ1v) is 6.59. The largest absolute Gasteiger partial charge is 0.389 e. The Morgan fingerprint density at radius 1 is 1.43 bits per heavy atom. The number of nitrogens with zero attached hydrogens (tertiary/aromatic N) is 3. The van der Waals surface area contributed by atoms with Crippen LogP contribution < -0.4 is 0 Å². The maximum atomic E-state index is 10.5. The van der Waals surface area contributed by atoms with Crippen LogP contribution in [0.25, 0.3) is 0 Å². The molecule has 112 valence electrons. The van der Waals surface area contributed by atoms with Crippen molar-refractivity contribution in [3.05, 3.63) is 57.5 Å². The number of nitro groups is 1. The zero-order chi connectivity index (χ0) is 15.2. The highest BCUT2D eigenvalue weighted by atomic mass is 35.5. The summed E-state index contributed by atoms with van der Waals surface area (Å²) in [6.07, 6.45) is 1.80. The number of aromatic nitrogens is 2. The molecule has 7 nitrogen and oxygen atoms in total. The Kier molecular flexibility index (Phi) is 5.26. The van der Waals surface area contributed by atoms with E-state index in [4.69, 9.17) is 16.3 Å². The maximum Gasteiger partial charge on any atom is 0.381 e. The van der Waals surface area contributed by atoms with E-state index in [2.05, 4.69) is 4.98 Å². The van der Waals surface area contributed by atoms with E-state index in [1.54, 1.807) is 12.1 Å². The van der Waals surface area contributed by atoms with Crippen LogP contribution in [0.4, 0.5) is 5.82 Å². The van der Waals surface area contributed by atoms with Crippen molar-refractivity contribution >= 4 is 17.4 Å². The van der Waals surface area contributed by atoms with E-state index in [1.807, 2.05) is 12.1 Å². The molecule has 2 rings (SSSR count). The molecule has 1 N–H and O–H groups in total. The Balaban J connectivity index is 1.75. The summed E-state index contributed by atoms with van der Waals surface area (Å²) in [5, 5.41) is 20.9. The lowest BCUT2D eigenvalue weighted by Crippen LogP contribution is -2.21. The first kappa shape index (κ1) is 15.4. The smallest absolute Gasteiger partial charge is 0.381 e. The van der Waals surface area contributed by atoms with Crippen molar-refractivity contribution in [1.82, 2.24) is 9.55 Å². The topological polar surface area (TPSA) is 90.4 Å². The van der Waals surface area contributed by atoms with Crippen LogP contribution >= 0.6 is 11.6 Å². The number of aliphatic hydroxyl groups excluding tert-OH is 1. The summed E-state index contributed by atoms with van der Waals surface area (Å²) in [6.45, 7) is 0.661. The fourth-order valence-electron chi connectivity index (χ4n) is 1.73. The van der Waals surface area contributed by atoms with Crippen LogP contribution in [0.15, 0.2) is 36.8 Å². The highest BCUT2D eigenvalue weighted by Gasteiger charge is 2.12. The van der Waals surface area contributed by atoms with Crippen molar-refractivity contribution in [2.45, 2.75) is 19.3 Å². The van der Waals surface area contributed by atoms with Gasteiger partial charge in [0.15, 0.2) is 0 Å². The summed E-state index contributed by atoms with van der Waals surface area (Å²) in [5.41, 5.74) is 0.949. The Morgan fingerprint density at radius 2 is 2.14 bits per heavy atom. The molecule has 1 aromatic carbocycles. The molecule has 1 atom stereocenters. The lowest BCUT2D eigenvalue weighted by molar-refractivity contribution is -0.389. The average molecular weight is 312 g/mol. The molecule has 1 unspecified atom stereocenters. The van der Waals surface area contributed by atoms with Gasteiger partial charge >= 0.3 is 5.82 Å². The van der Waals surface area contributed by atoms with Gasteiger partial charge in [-0.25, -0.2) is 0 Å². The summed E-state index contributed by atoms with van der Waals surface area (Å²) >= 11 is 5.77. The first-order chi connectivity index (χ1) is 10.0. The second-order valence-electron chi connectivity index (χ2n) is 4.48. The fourth-order valence-corrected chi connectivity index (χ4v) is 1.86. The van der Waals surface area contributed by atoms with E-state index in [0.717, 1.165) is 5.56 Å². The molecule has 8 heteroatoms. The fraction of sp³-hybridized carbons (Fsp3) is 0.308. The molecular weight excluding hydrogens is 298 g/mol. The Labute approximate surface area is 125 Å². The number of hydrogen-bond acceptors (Lipinski definition) is 5. The van der Waals surface area contributed by atoms with Gasteiger partial charge < -0.3 is 24.5 Å². The van der Waals surface area contributed by atoms with Crippen LogP contribution in [0, 0.1) is 10.1 Å². The SMILES string of the molecule is O=[N+]([O-])c1cn(CC(O)COCc2ccc(Cl)cc2)cn1. The van der Waals surface area contributed by atoms with Crippen molar-refractivity contribution < 1.29 is 14.8 Å². The molecular formula is C13H14ClN3O4. The van der Waals surface area contributed by atoms with Crippen LogP contribution in [-0.4, -0.2) is 32.3 Å². The number of rotatable bonds is 7. The van der Waals surface area contributed by atoms with Gasteiger partial charge in [0, 0.05) is 5.02 Å². The number of ether oxygens (including phenoxy) is 1. The molecule has 0 saturated carbocycles. The zero-order valence-corrected chi connectivity index (χ0v) is 11.8. The van der Waals surface area contributed by atoms with Crippen LogP contribution in [0.2, 0.25) is 5.02 Å². The monoisotopic (exact) mass is 311 g/mol. The van der Waals surface area contributed by atoms with Crippen molar-refractivity contribution in [3.8, 4) is 0 Å². The Bertz CT molecular complexity index is 600. The van der Waals surface area contributed by atoms with E-state index < -0.39 is 11.0 Å². The summed E-state index contributed by atoms with van der Waals surface area (Å²) in [5.74, 6) is -0.246. The third-order valence-electron chi connectivity index (χ3n) is 2.72. The number of hydrogen-bond donors (Lipinski definition) is 1. The highest BCUT2D eigenvalue weighted by Crippen LogP contribution is 2.11. The molecule has 0 spiro atoms. The maximum absolute atomic E-state index is 10.5. The van der Waals surface area contributed by atoms with E-state index >= 15 is 0 Å². The van der Waals surface area contributed by atoms with Crippen molar-refractivity contribution in [2.75, 3.05) is 6.61 Å². The molecule has 0 radical (unpaired) electrons.